The number of Topliss-reactive ketones (excluding diaryl/α,β-unsaturated/α-hetero) is 1. The van der Waals surface area contributed by atoms with E-state index in [-0.39, 0.29) is 30.3 Å². The number of hydrogen-bond acceptors (Lipinski definition) is 2. The Bertz CT molecular complexity index is 469. The molecule has 0 saturated heterocycles. The van der Waals surface area contributed by atoms with Gasteiger partial charge < -0.3 is 10.1 Å². The number of hydrogen-bond donors (Lipinski definition) is 1. The second kappa shape index (κ2) is 6.45. The molecular formula is C15H20FNO2. The molecule has 0 bridgehead atoms. The van der Waals surface area contributed by atoms with Crippen LogP contribution >= 0.6 is 0 Å². The summed E-state index contributed by atoms with van der Waals surface area (Å²) in [4.78, 5) is 22.3. The molecule has 1 aromatic carbocycles. The lowest BCUT2D eigenvalue weighted by atomic mass is 9.84. The van der Waals surface area contributed by atoms with E-state index in [1.807, 2.05) is 13.8 Å². The standard InChI is InChI=1S/C15H20FNO2/c1-11(18)8-9-14(19)17-10-15(2,3)12-6-4-5-7-13(12)16/h4-7H,8-10H2,1-3H3,(H,17,19). The van der Waals surface area contributed by atoms with Crippen LogP contribution in [0, 0.1) is 5.82 Å². The van der Waals surface area contributed by atoms with Crippen molar-refractivity contribution in [3.05, 3.63) is 35.6 Å². The maximum Gasteiger partial charge on any atom is 0.220 e. The highest BCUT2D eigenvalue weighted by Crippen LogP contribution is 2.24. The zero-order chi connectivity index (χ0) is 14.5. The molecule has 104 valence electrons. The van der Waals surface area contributed by atoms with Crippen molar-refractivity contribution in [1.29, 1.82) is 0 Å². The Balaban J connectivity index is 2.58. The smallest absolute Gasteiger partial charge is 0.220 e. The van der Waals surface area contributed by atoms with Gasteiger partial charge in [0.15, 0.2) is 0 Å². The highest BCUT2D eigenvalue weighted by Gasteiger charge is 2.24. The minimum atomic E-state index is -0.489. The van der Waals surface area contributed by atoms with Gasteiger partial charge in [0.2, 0.25) is 5.91 Å². The van der Waals surface area contributed by atoms with Gasteiger partial charge in [0.25, 0.3) is 0 Å². The summed E-state index contributed by atoms with van der Waals surface area (Å²) in [5, 5.41) is 2.75. The van der Waals surface area contributed by atoms with E-state index in [0.29, 0.717) is 12.1 Å². The summed E-state index contributed by atoms with van der Waals surface area (Å²) in [5.41, 5.74) is 0.0823. The van der Waals surface area contributed by atoms with Crippen LogP contribution in [0.15, 0.2) is 24.3 Å². The van der Waals surface area contributed by atoms with E-state index in [2.05, 4.69) is 5.32 Å². The van der Waals surface area contributed by atoms with E-state index in [1.54, 1.807) is 18.2 Å². The van der Waals surface area contributed by atoms with Crippen molar-refractivity contribution in [2.45, 2.75) is 39.0 Å². The Kier molecular flexibility index (Phi) is 5.21. The minimum absolute atomic E-state index is 0.0106. The molecule has 0 heterocycles. The monoisotopic (exact) mass is 265 g/mol. The topological polar surface area (TPSA) is 46.2 Å². The minimum Gasteiger partial charge on any atom is -0.355 e. The van der Waals surface area contributed by atoms with E-state index < -0.39 is 5.41 Å². The van der Waals surface area contributed by atoms with Crippen LogP contribution in [-0.2, 0) is 15.0 Å². The Morgan fingerprint density at radius 1 is 1.21 bits per heavy atom. The molecule has 0 saturated carbocycles. The molecule has 1 aromatic rings. The first-order valence-electron chi connectivity index (χ1n) is 6.34. The third-order valence-corrected chi connectivity index (χ3v) is 3.03. The van der Waals surface area contributed by atoms with Gasteiger partial charge in [-0.2, -0.15) is 0 Å². The second-order valence-electron chi connectivity index (χ2n) is 5.34. The first-order valence-corrected chi connectivity index (χ1v) is 6.34. The molecule has 0 aliphatic carbocycles. The molecule has 4 heteroatoms. The summed E-state index contributed by atoms with van der Waals surface area (Å²) in [7, 11) is 0. The van der Waals surface area contributed by atoms with Crippen molar-refractivity contribution in [2.24, 2.45) is 0 Å². The SMILES string of the molecule is CC(=O)CCC(=O)NCC(C)(C)c1ccccc1F. The van der Waals surface area contributed by atoms with Crippen LogP contribution in [0.1, 0.15) is 39.2 Å². The highest BCUT2D eigenvalue weighted by atomic mass is 19.1. The summed E-state index contributed by atoms with van der Waals surface area (Å²) < 4.78 is 13.7. The Hall–Kier alpha value is -1.71. The van der Waals surface area contributed by atoms with Crippen LogP contribution < -0.4 is 5.32 Å². The number of carbonyl (C=O) groups excluding carboxylic acids is 2. The Morgan fingerprint density at radius 2 is 1.84 bits per heavy atom. The molecule has 19 heavy (non-hydrogen) atoms. The van der Waals surface area contributed by atoms with Crippen LogP contribution in [0.3, 0.4) is 0 Å². The Labute approximate surface area is 113 Å². The summed E-state index contributed by atoms with van der Waals surface area (Å²) in [6.07, 6.45) is 0.425. The third-order valence-electron chi connectivity index (χ3n) is 3.03. The predicted molar refractivity (Wildman–Crippen MR) is 72.4 cm³/mol. The zero-order valence-electron chi connectivity index (χ0n) is 11.6. The van der Waals surface area contributed by atoms with Crippen LogP contribution in [0.2, 0.25) is 0 Å². The number of nitrogens with one attached hydrogen (secondary N) is 1. The molecule has 3 nitrogen and oxygen atoms in total. The van der Waals surface area contributed by atoms with Crippen LogP contribution in [0.4, 0.5) is 4.39 Å². The highest BCUT2D eigenvalue weighted by molar-refractivity contribution is 5.83. The molecule has 0 aliphatic heterocycles. The lowest BCUT2D eigenvalue weighted by Gasteiger charge is -2.26. The quantitative estimate of drug-likeness (QED) is 0.859. The number of ketones is 1. The van der Waals surface area contributed by atoms with Gasteiger partial charge in [-0.3, -0.25) is 4.79 Å². The number of benzene rings is 1. The first kappa shape index (κ1) is 15.3. The molecule has 0 unspecified atom stereocenters. The zero-order valence-corrected chi connectivity index (χ0v) is 11.6. The molecule has 0 aliphatic rings. The fourth-order valence-corrected chi connectivity index (χ4v) is 1.80. The molecule has 0 radical (unpaired) electrons. The van der Waals surface area contributed by atoms with Crippen molar-refractivity contribution in [2.75, 3.05) is 6.54 Å². The van der Waals surface area contributed by atoms with Gasteiger partial charge in [0, 0.05) is 24.8 Å². The molecule has 1 rings (SSSR count). The number of rotatable bonds is 6. The van der Waals surface area contributed by atoms with E-state index in [9.17, 15) is 14.0 Å². The summed E-state index contributed by atoms with van der Waals surface area (Å²) in [5.74, 6) is -0.464. The molecule has 0 aromatic heterocycles. The summed E-state index contributed by atoms with van der Waals surface area (Å²) in [6, 6.07) is 6.55. The van der Waals surface area contributed by atoms with Gasteiger partial charge in [-0.15, -0.1) is 0 Å². The molecular weight excluding hydrogens is 245 g/mol. The van der Waals surface area contributed by atoms with Gasteiger partial charge in [-0.1, -0.05) is 32.0 Å². The van der Waals surface area contributed by atoms with E-state index in [4.69, 9.17) is 0 Å². The lowest BCUT2D eigenvalue weighted by Crippen LogP contribution is -2.37. The summed E-state index contributed by atoms with van der Waals surface area (Å²) in [6.45, 7) is 5.54. The maximum atomic E-state index is 13.7. The number of amides is 1. The molecule has 0 spiro atoms. The van der Waals surface area contributed by atoms with Gasteiger partial charge in [0.05, 0.1) is 0 Å². The molecule has 1 N–H and O–H groups in total. The Morgan fingerprint density at radius 3 is 2.42 bits per heavy atom. The van der Waals surface area contributed by atoms with Crippen LogP contribution in [0.5, 0.6) is 0 Å². The van der Waals surface area contributed by atoms with Crippen molar-refractivity contribution < 1.29 is 14.0 Å². The molecule has 0 fully saturated rings. The largest absolute Gasteiger partial charge is 0.355 e. The molecule has 0 atom stereocenters. The number of carbonyl (C=O) groups is 2. The average molecular weight is 265 g/mol. The lowest BCUT2D eigenvalue weighted by molar-refractivity contribution is -0.124. The maximum absolute atomic E-state index is 13.7. The van der Waals surface area contributed by atoms with Crippen molar-refractivity contribution in [3.8, 4) is 0 Å². The third kappa shape index (κ3) is 4.81. The van der Waals surface area contributed by atoms with Gasteiger partial charge in [0.1, 0.15) is 11.6 Å². The van der Waals surface area contributed by atoms with Gasteiger partial charge in [-0.25, -0.2) is 4.39 Å². The second-order valence-corrected chi connectivity index (χ2v) is 5.34. The van der Waals surface area contributed by atoms with E-state index in [0.717, 1.165) is 0 Å². The fraction of sp³-hybridized carbons (Fsp3) is 0.467. The van der Waals surface area contributed by atoms with Crippen LogP contribution in [-0.4, -0.2) is 18.2 Å². The van der Waals surface area contributed by atoms with E-state index in [1.165, 1.54) is 13.0 Å². The fourth-order valence-electron chi connectivity index (χ4n) is 1.80. The normalized spacial score (nSPS) is 11.2. The van der Waals surface area contributed by atoms with Crippen LogP contribution in [0.25, 0.3) is 0 Å². The van der Waals surface area contributed by atoms with E-state index >= 15 is 0 Å². The summed E-state index contributed by atoms with van der Waals surface area (Å²) >= 11 is 0. The molecule has 1 amide bonds. The van der Waals surface area contributed by atoms with Crippen molar-refractivity contribution in [3.63, 3.8) is 0 Å². The van der Waals surface area contributed by atoms with Gasteiger partial charge >= 0.3 is 0 Å². The van der Waals surface area contributed by atoms with Gasteiger partial charge in [-0.05, 0) is 18.6 Å². The average Bonchev–Trinajstić information content (AvgIpc) is 2.34. The van der Waals surface area contributed by atoms with Crippen molar-refractivity contribution >= 4 is 11.7 Å². The van der Waals surface area contributed by atoms with Crippen molar-refractivity contribution in [1.82, 2.24) is 5.32 Å². The predicted octanol–water partition coefficient (Wildman–Crippen LogP) is 2.59. The first-order chi connectivity index (χ1) is 8.83. The number of halogens is 1.